The summed E-state index contributed by atoms with van der Waals surface area (Å²) in [6.07, 6.45) is 6.98. The Hall–Kier alpha value is -2.94. The largest absolute Gasteiger partial charge is 0.475 e. The highest BCUT2D eigenvalue weighted by Gasteiger charge is 2.39. The number of aromatic amines is 1. The summed E-state index contributed by atoms with van der Waals surface area (Å²) in [7, 11) is -3.89. The minimum absolute atomic E-state index is 0.000391. The Morgan fingerprint density at radius 1 is 1.05 bits per heavy atom. The molecule has 8 nitrogen and oxygen atoms in total. The minimum Gasteiger partial charge on any atom is -0.358 e. The summed E-state index contributed by atoms with van der Waals surface area (Å²) in [5, 5.41) is 0.614. The third-order valence-corrected chi connectivity index (χ3v) is 8.71. The van der Waals surface area contributed by atoms with E-state index in [1.165, 1.54) is 18.5 Å². The fraction of sp³-hybridized carbons (Fsp3) is 0.406. The number of allylic oxidation sites excluding steroid dienone is 1. The van der Waals surface area contributed by atoms with Gasteiger partial charge in [-0.3, -0.25) is 28.2 Å². The lowest BCUT2D eigenvalue weighted by Crippen LogP contribution is -2.38. The van der Waals surface area contributed by atoms with Gasteiger partial charge in [0.05, 0.1) is 28.9 Å². The Morgan fingerprint density at radius 3 is 2.28 bits per heavy atom. The molecule has 0 amide bonds. The van der Waals surface area contributed by atoms with Crippen LogP contribution in [-0.4, -0.2) is 40.3 Å². The molecule has 0 saturated heterocycles. The predicted molar refractivity (Wildman–Crippen MR) is 168 cm³/mol. The minimum atomic E-state index is -3.89. The van der Waals surface area contributed by atoms with Crippen molar-refractivity contribution < 1.29 is 27.3 Å². The van der Waals surface area contributed by atoms with Crippen molar-refractivity contribution in [3.05, 3.63) is 92.5 Å². The van der Waals surface area contributed by atoms with Gasteiger partial charge in [-0.05, 0) is 102 Å². The Balaban J connectivity index is 1.55. The van der Waals surface area contributed by atoms with Gasteiger partial charge >= 0.3 is 7.82 Å². The van der Waals surface area contributed by atoms with Crippen molar-refractivity contribution in [3.63, 3.8) is 0 Å². The number of rotatable bonds is 11. The zero-order valence-electron chi connectivity index (χ0n) is 25.2. The van der Waals surface area contributed by atoms with Crippen LogP contribution in [0.1, 0.15) is 69.4 Å². The molecule has 0 bridgehead atoms. The molecule has 1 aliphatic rings. The number of fused-ring (bicyclic) bond motifs is 1. The molecule has 0 aliphatic carbocycles. The molecular weight excluding hydrogens is 594 g/mol. The standard InChI is InChI=1S/C32H37ClFN2O6P/c1-30(2,3)41-43(39,42-31(4,5)6)40-16-7-9-22-17-24-27(26(34)18-22)35-20-25(28(24)37)29(38)32(14-8-15-36-32)19-21-10-12-23(33)13-11-21/h8,10-15,17-18,20H,7,9,16,19H2,1-6H3,(H,35,37). The highest BCUT2D eigenvalue weighted by Crippen LogP contribution is 2.55. The van der Waals surface area contributed by atoms with Gasteiger partial charge in [0, 0.05) is 29.2 Å². The maximum Gasteiger partial charge on any atom is 0.475 e. The average Bonchev–Trinajstić information content (AvgIpc) is 3.36. The van der Waals surface area contributed by atoms with Crippen LogP contribution >= 0.6 is 19.4 Å². The molecule has 4 rings (SSSR count). The van der Waals surface area contributed by atoms with E-state index < -0.39 is 41.6 Å². The summed E-state index contributed by atoms with van der Waals surface area (Å²) in [6.45, 7) is 10.5. The van der Waals surface area contributed by atoms with Crippen LogP contribution in [0, 0.1) is 5.82 Å². The van der Waals surface area contributed by atoms with Gasteiger partial charge in [0.15, 0.2) is 11.2 Å². The van der Waals surface area contributed by atoms with Gasteiger partial charge in [-0.25, -0.2) is 8.96 Å². The van der Waals surface area contributed by atoms with Gasteiger partial charge in [-0.1, -0.05) is 23.7 Å². The van der Waals surface area contributed by atoms with Crippen molar-refractivity contribution in [2.24, 2.45) is 4.99 Å². The topological polar surface area (TPSA) is 107 Å². The van der Waals surface area contributed by atoms with Crippen molar-refractivity contribution in [2.75, 3.05) is 6.61 Å². The number of phosphoric ester groups is 1. The number of hydrogen-bond acceptors (Lipinski definition) is 7. The molecule has 11 heteroatoms. The molecule has 1 N–H and O–H groups in total. The number of hydrogen-bond donors (Lipinski definition) is 1. The van der Waals surface area contributed by atoms with E-state index in [1.54, 1.807) is 84.0 Å². The number of aryl methyl sites for hydroxylation is 1. The number of ketones is 1. The number of carbonyl (C=O) groups is 1. The molecule has 1 unspecified atom stereocenters. The third kappa shape index (κ3) is 8.37. The van der Waals surface area contributed by atoms with Gasteiger partial charge in [0.2, 0.25) is 0 Å². The van der Waals surface area contributed by atoms with Gasteiger partial charge < -0.3 is 4.98 Å². The molecule has 1 aromatic heterocycles. The highest BCUT2D eigenvalue weighted by molar-refractivity contribution is 7.48. The van der Waals surface area contributed by atoms with Crippen LogP contribution in [0.15, 0.2) is 64.5 Å². The number of phosphoric acid groups is 1. The second-order valence-electron chi connectivity index (χ2n) is 12.5. The molecule has 2 heterocycles. The SMILES string of the molecule is CC(C)(C)OP(=O)(OCCCc1cc(F)c2[nH]cc(C(=O)C3(Cc4ccc(Cl)cc4)C=CC=N3)c(=O)c2c1)OC(C)(C)C. The van der Waals surface area contributed by atoms with E-state index in [4.69, 9.17) is 25.2 Å². The average molecular weight is 631 g/mol. The van der Waals surface area contributed by atoms with E-state index in [-0.39, 0.29) is 29.5 Å². The van der Waals surface area contributed by atoms with Crippen LogP contribution in [0.3, 0.4) is 0 Å². The lowest BCUT2D eigenvalue weighted by atomic mass is 9.84. The van der Waals surface area contributed by atoms with Crippen LogP contribution < -0.4 is 5.43 Å². The summed E-state index contributed by atoms with van der Waals surface area (Å²) in [6, 6.07) is 9.94. The first-order valence-corrected chi connectivity index (χ1v) is 15.9. The van der Waals surface area contributed by atoms with Crippen molar-refractivity contribution in [1.82, 2.24) is 4.98 Å². The van der Waals surface area contributed by atoms with Crippen LogP contribution in [0.25, 0.3) is 10.9 Å². The van der Waals surface area contributed by atoms with Crippen molar-refractivity contribution in [1.29, 1.82) is 0 Å². The van der Waals surface area contributed by atoms with Gasteiger partial charge in [-0.2, -0.15) is 0 Å². The smallest absolute Gasteiger partial charge is 0.358 e. The fourth-order valence-electron chi connectivity index (χ4n) is 4.74. The molecule has 230 valence electrons. The van der Waals surface area contributed by atoms with Gasteiger partial charge in [0.25, 0.3) is 0 Å². The number of pyridine rings is 1. The first kappa shape index (κ1) is 33.0. The van der Waals surface area contributed by atoms with E-state index >= 15 is 4.39 Å². The van der Waals surface area contributed by atoms with Gasteiger partial charge in [-0.15, -0.1) is 0 Å². The molecule has 0 radical (unpaired) electrons. The summed E-state index contributed by atoms with van der Waals surface area (Å²) >= 11 is 6.01. The number of halogens is 2. The number of nitrogens with one attached hydrogen (secondary N) is 1. The molecule has 43 heavy (non-hydrogen) atoms. The van der Waals surface area contributed by atoms with E-state index in [2.05, 4.69) is 9.98 Å². The quantitative estimate of drug-likeness (QED) is 0.132. The van der Waals surface area contributed by atoms with E-state index in [9.17, 15) is 14.2 Å². The summed E-state index contributed by atoms with van der Waals surface area (Å²) in [5.41, 5.74) is -2.23. The van der Waals surface area contributed by atoms with Crippen LogP contribution in [0.2, 0.25) is 5.02 Å². The normalized spacial score (nSPS) is 17.2. The maximum atomic E-state index is 15.1. The number of aliphatic imine (C=N–C) groups is 1. The van der Waals surface area contributed by atoms with E-state index in [0.717, 1.165) is 5.56 Å². The van der Waals surface area contributed by atoms with Crippen LogP contribution in [0.5, 0.6) is 0 Å². The number of aromatic nitrogens is 1. The fourth-order valence-corrected chi connectivity index (χ4v) is 6.70. The Morgan fingerprint density at radius 2 is 1.70 bits per heavy atom. The molecule has 0 saturated carbocycles. The maximum absolute atomic E-state index is 15.1. The zero-order chi connectivity index (χ0) is 31.6. The van der Waals surface area contributed by atoms with Crippen molar-refractivity contribution in [3.8, 4) is 0 Å². The number of Topliss-reactive ketones (excluding diaryl/α,β-unsaturated/α-hetero) is 1. The van der Waals surface area contributed by atoms with Crippen LogP contribution in [-0.2, 0) is 31.0 Å². The molecule has 2 aromatic carbocycles. The van der Waals surface area contributed by atoms with Gasteiger partial charge in [0.1, 0.15) is 11.4 Å². The lowest BCUT2D eigenvalue weighted by molar-refractivity contribution is 0.00314. The molecule has 1 aliphatic heterocycles. The molecule has 1 atom stereocenters. The number of carbonyl (C=O) groups excluding carboxylic acids is 1. The highest BCUT2D eigenvalue weighted by atomic mass is 35.5. The summed E-state index contributed by atoms with van der Waals surface area (Å²) < 4.78 is 45.2. The van der Waals surface area contributed by atoms with E-state index in [1.807, 2.05) is 0 Å². The lowest BCUT2D eigenvalue weighted by Gasteiger charge is -2.30. The first-order valence-electron chi connectivity index (χ1n) is 14.0. The number of H-pyrrole nitrogens is 1. The van der Waals surface area contributed by atoms with Crippen LogP contribution in [0.4, 0.5) is 4.39 Å². The summed E-state index contributed by atoms with van der Waals surface area (Å²) in [4.78, 5) is 34.6. The van der Waals surface area contributed by atoms with Crippen molar-refractivity contribution in [2.45, 2.75) is 77.5 Å². The molecule has 3 aromatic rings. The zero-order valence-corrected chi connectivity index (χ0v) is 26.9. The molecular formula is C32H37ClFN2O6P. The first-order chi connectivity index (χ1) is 20.0. The second kappa shape index (κ2) is 12.6. The van der Waals surface area contributed by atoms with Crippen molar-refractivity contribution >= 4 is 42.3 Å². The molecule has 0 fully saturated rings. The monoisotopic (exact) mass is 630 g/mol. The third-order valence-electron chi connectivity index (χ3n) is 6.42. The Bertz CT molecular complexity index is 1640. The second-order valence-corrected chi connectivity index (χ2v) is 14.5. The number of benzene rings is 2. The number of nitrogens with zero attached hydrogens (tertiary/aromatic N) is 1. The molecule has 0 spiro atoms. The van der Waals surface area contributed by atoms with E-state index in [0.29, 0.717) is 23.4 Å². The Kier molecular flexibility index (Phi) is 9.64. The predicted octanol–water partition coefficient (Wildman–Crippen LogP) is 7.81. The summed E-state index contributed by atoms with van der Waals surface area (Å²) in [5.74, 6) is -1.12. The Labute approximate surface area is 255 Å².